The Morgan fingerprint density at radius 2 is 1.95 bits per heavy atom. The number of anilines is 1. The van der Waals surface area contributed by atoms with Crippen molar-refractivity contribution in [3.8, 4) is 17.4 Å². The Labute approximate surface area is 227 Å². The van der Waals surface area contributed by atoms with Gasteiger partial charge in [0.15, 0.2) is 0 Å². The minimum Gasteiger partial charge on any atom is -0.489 e. The number of aryl methyl sites for hydroxylation is 1. The highest BCUT2D eigenvalue weighted by molar-refractivity contribution is 5.94. The predicted molar refractivity (Wildman–Crippen MR) is 142 cm³/mol. The number of aromatic nitrogens is 3. The smallest absolute Gasteiger partial charge is 0.253 e. The molecule has 2 saturated heterocycles. The number of amides is 2. The number of methoxy groups -OCH3 is 1. The van der Waals surface area contributed by atoms with E-state index in [0.29, 0.717) is 43.4 Å². The van der Waals surface area contributed by atoms with Crippen molar-refractivity contribution >= 4 is 17.5 Å². The molecule has 0 aliphatic carbocycles. The van der Waals surface area contributed by atoms with Crippen molar-refractivity contribution in [1.29, 1.82) is 0 Å². The summed E-state index contributed by atoms with van der Waals surface area (Å²) in [4.78, 5) is 31.6. The van der Waals surface area contributed by atoms with Crippen molar-refractivity contribution in [2.75, 3.05) is 32.1 Å². The number of carbonyl (C=O) groups excluding carboxylic acids is 2. The Hall–Kier alpha value is -4.12. The zero-order valence-corrected chi connectivity index (χ0v) is 22.1. The van der Waals surface area contributed by atoms with Gasteiger partial charge in [0.2, 0.25) is 11.8 Å². The summed E-state index contributed by atoms with van der Waals surface area (Å²) < 4.78 is 24.3. The molecule has 5 rings (SSSR count). The first-order valence-corrected chi connectivity index (χ1v) is 13.1. The van der Waals surface area contributed by atoms with E-state index in [4.69, 9.17) is 18.9 Å². The molecular weight excluding hydrogens is 502 g/mol. The Kier molecular flexibility index (Phi) is 8.26. The SMILES string of the molecule is COc1cc(OC2COC(C(=O)Nc3cnn(CC(=O)N4CCC[C@H](Oc5ccc(C)cc5)C4)c3)C2)ccn1. The molecule has 0 bridgehead atoms. The molecule has 0 radical (unpaired) electrons. The van der Waals surface area contributed by atoms with Crippen LogP contribution in [0.5, 0.6) is 17.4 Å². The van der Waals surface area contributed by atoms with Crippen molar-refractivity contribution in [1.82, 2.24) is 19.7 Å². The number of nitrogens with zero attached hydrogens (tertiary/aromatic N) is 4. The molecule has 3 aromatic rings. The van der Waals surface area contributed by atoms with Crippen LogP contribution in [0.1, 0.15) is 24.8 Å². The first-order chi connectivity index (χ1) is 18.9. The van der Waals surface area contributed by atoms with E-state index in [1.54, 1.807) is 24.5 Å². The van der Waals surface area contributed by atoms with Gasteiger partial charge < -0.3 is 29.2 Å². The van der Waals surface area contributed by atoms with E-state index in [0.717, 1.165) is 18.6 Å². The second-order valence-electron chi connectivity index (χ2n) is 9.78. The van der Waals surface area contributed by atoms with Gasteiger partial charge in [-0.05, 0) is 38.0 Å². The van der Waals surface area contributed by atoms with Crippen molar-refractivity contribution in [3.63, 3.8) is 0 Å². The summed E-state index contributed by atoms with van der Waals surface area (Å²) in [5.41, 5.74) is 1.67. The molecule has 11 heteroatoms. The lowest BCUT2D eigenvalue weighted by molar-refractivity contribution is -0.134. The topological polar surface area (TPSA) is 117 Å². The lowest BCUT2D eigenvalue weighted by Crippen LogP contribution is -2.45. The number of likely N-dealkylation sites (tertiary alicyclic amines) is 1. The molecule has 2 fully saturated rings. The molecule has 2 unspecified atom stereocenters. The van der Waals surface area contributed by atoms with Crippen LogP contribution in [0.15, 0.2) is 55.0 Å². The molecular formula is C28H33N5O6. The third-order valence-corrected chi connectivity index (χ3v) is 6.72. The van der Waals surface area contributed by atoms with Crippen LogP contribution in [0.3, 0.4) is 0 Å². The average Bonchev–Trinajstić information content (AvgIpc) is 3.60. The minimum atomic E-state index is -0.650. The van der Waals surface area contributed by atoms with Gasteiger partial charge >= 0.3 is 0 Å². The maximum atomic E-state index is 13.0. The molecule has 2 aliphatic rings. The van der Waals surface area contributed by atoms with Crippen LogP contribution >= 0.6 is 0 Å². The van der Waals surface area contributed by atoms with E-state index in [1.807, 2.05) is 36.1 Å². The van der Waals surface area contributed by atoms with Crippen LogP contribution in [-0.2, 0) is 20.9 Å². The first kappa shape index (κ1) is 26.5. The van der Waals surface area contributed by atoms with E-state index in [1.165, 1.54) is 23.6 Å². The second-order valence-corrected chi connectivity index (χ2v) is 9.78. The summed E-state index contributed by atoms with van der Waals surface area (Å²) in [6, 6.07) is 11.4. The van der Waals surface area contributed by atoms with E-state index >= 15 is 0 Å². The van der Waals surface area contributed by atoms with E-state index in [2.05, 4.69) is 15.4 Å². The molecule has 39 heavy (non-hydrogen) atoms. The zero-order chi connectivity index (χ0) is 27.2. The maximum absolute atomic E-state index is 13.0. The molecule has 2 aromatic heterocycles. The zero-order valence-electron chi connectivity index (χ0n) is 22.1. The standard InChI is InChI=1S/C28H33N5O6/c1-19-5-7-21(8-6-19)38-23-4-3-11-32(16-23)27(34)17-33-15-20(14-30-33)31-28(35)25-12-24(18-37-25)39-22-9-10-29-26(13-22)36-2/h5-10,13-15,23-25H,3-4,11-12,16-18H2,1-2H3,(H,31,35)/t23-,24?,25?/m0/s1. The van der Waals surface area contributed by atoms with Gasteiger partial charge in [-0.15, -0.1) is 0 Å². The fourth-order valence-corrected chi connectivity index (χ4v) is 4.68. The predicted octanol–water partition coefficient (Wildman–Crippen LogP) is 2.84. The van der Waals surface area contributed by atoms with Gasteiger partial charge in [0.05, 0.1) is 32.1 Å². The lowest BCUT2D eigenvalue weighted by Gasteiger charge is -2.33. The van der Waals surface area contributed by atoms with Crippen LogP contribution in [0.2, 0.25) is 0 Å². The van der Waals surface area contributed by atoms with E-state index in [9.17, 15) is 9.59 Å². The van der Waals surface area contributed by atoms with Crippen LogP contribution < -0.4 is 19.5 Å². The summed E-state index contributed by atoms with van der Waals surface area (Å²) in [5.74, 6) is 1.54. The Morgan fingerprint density at radius 3 is 2.77 bits per heavy atom. The van der Waals surface area contributed by atoms with Gasteiger partial charge in [0, 0.05) is 31.4 Å². The van der Waals surface area contributed by atoms with Crippen LogP contribution in [0.4, 0.5) is 5.69 Å². The summed E-state index contributed by atoms with van der Waals surface area (Å²) >= 11 is 0. The highest BCUT2D eigenvalue weighted by Gasteiger charge is 2.33. The fraction of sp³-hybridized carbons (Fsp3) is 0.429. The number of carbonyl (C=O) groups is 2. The normalized spacial score (nSPS) is 20.9. The number of rotatable bonds is 9. The number of ether oxygens (including phenoxy) is 4. The van der Waals surface area contributed by atoms with E-state index in [-0.39, 0.29) is 30.6 Å². The number of hydrogen-bond donors (Lipinski definition) is 1. The number of nitrogens with one attached hydrogen (secondary N) is 1. The largest absolute Gasteiger partial charge is 0.489 e. The van der Waals surface area contributed by atoms with Crippen molar-refractivity contribution in [2.45, 2.75) is 51.0 Å². The maximum Gasteiger partial charge on any atom is 0.253 e. The Morgan fingerprint density at radius 1 is 1.13 bits per heavy atom. The van der Waals surface area contributed by atoms with Crippen LogP contribution in [-0.4, -0.2) is 76.6 Å². The number of pyridine rings is 1. The molecule has 2 aliphatic heterocycles. The summed E-state index contributed by atoms with van der Waals surface area (Å²) in [6.07, 6.45) is 5.99. The molecule has 206 valence electrons. The van der Waals surface area contributed by atoms with Gasteiger partial charge in [-0.3, -0.25) is 14.3 Å². The molecule has 11 nitrogen and oxygen atoms in total. The van der Waals surface area contributed by atoms with Crippen molar-refractivity contribution in [2.24, 2.45) is 0 Å². The molecule has 2 amide bonds. The summed E-state index contributed by atoms with van der Waals surface area (Å²) in [5, 5.41) is 7.07. The minimum absolute atomic E-state index is 0.0416. The number of hydrogen-bond acceptors (Lipinski definition) is 8. The molecule has 0 spiro atoms. The quantitative estimate of drug-likeness (QED) is 0.445. The fourth-order valence-electron chi connectivity index (χ4n) is 4.68. The number of piperidine rings is 1. The molecule has 0 saturated carbocycles. The van der Waals surface area contributed by atoms with E-state index < -0.39 is 6.10 Å². The molecule has 1 N–H and O–H groups in total. The van der Waals surface area contributed by atoms with Crippen molar-refractivity contribution < 1.29 is 28.5 Å². The van der Waals surface area contributed by atoms with Crippen molar-refractivity contribution in [3.05, 3.63) is 60.6 Å². The lowest BCUT2D eigenvalue weighted by atomic mass is 10.1. The van der Waals surface area contributed by atoms with Crippen LogP contribution in [0.25, 0.3) is 0 Å². The average molecular weight is 536 g/mol. The van der Waals surface area contributed by atoms with Crippen LogP contribution in [0, 0.1) is 6.92 Å². The van der Waals surface area contributed by atoms with Gasteiger partial charge in [-0.1, -0.05) is 17.7 Å². The Balaban J connectivity index is 1.08. The van der Waals surface area contributed by atoms with Gasteiger partial charge in [-0.2, -0.15) is 5.10 Å². The second kappa shape index (κ2) is 12.2. The molecule has 1 aromatic carbocycles. The number of benzene rings is 1. The summed E-state index contributed by atoms with van der Waals surface area (Å²) in [6.45, 7) is 3.63. The summed E-state index contributed by atoms with van der Waals surface area (Å²) in [7, 11) is 1.54. The van der Waals surface area contributed by atoms with Gasteiger partial charge in [0.25, 0.3) is 5.91 Å². The molecule has 3 atom stereocenters. The highest BCUT2D eigenvalue weighted by Crippen LogP contribution is 2.24. The van der Waals surface area contributed by atoms with Gasteiger partial charge in [0.1, 0.15) is 36.4 Å². The first-order valence-electron chi connectivity index (χ1n) is 13.1. The highest BCUT2D eigenvalue weighted by atomic mass is 16.6. The van der Waals surface area contributed by atoms with Gasteiger partial charge in [-0.25, -0.2) is 4.98 Å². The third-order valence-electron chi connectivity index (χ3n) is 6.72. The monoisotopic (exact) mass is 535 g/mol. The molecule has 4 heterocycles. The Bertz CT molecular complexity index is 1280. The third kappa shape index (κ3) is 7.05.